The van der Waals surface area contributed by atoms with Crippen LogP contribution in [0.15, 0.2) is 35.9 Å². The Morgan fingerprint density at radius 1 is 1.47 bits per heavy atom. The number of hydrogen-bond donors (Lipinski definition) is 1. The molecule has 0 atom stereocenters. The molecule has 0 aliphatic carbocycles. The summed E-state index contributed by atoms with van der Waals surface area (Å²) in [5.74, 6) is -0.958. The maximum Gasteiger partial charge on any atom is 0.328 e. The minimum atomic E-state index is -0.958. The van der Waals surface area contributed by atoms with Crippen LogP contribution in [-0.4, -0.2) is 24.2 Å². The van der Waals surface area contributed by atoms with Gasteiger partial charge in [-0.05, 0) is 31.1 Å². The van der Waals surface area contributed by atoms with Gasteiger partial charge in [0, 0.05) is 19.2 Å². The Morgan fingerprint density at radius 2 is 2.26 bits per heavy atom. The third kappa shape index (κ3) is 3.38. The van der Waals surface area contributed by atoms with Gasteiger partial charge in [0.1, 0.15) is 0 Å². The van der Waals surface area contributed by atoms with Gasteiger partial charge < -0.3 is 10.0 Å². The topological polar surface area (TPSA) is 40.5 Å². The number of rotatable bonds is 3. The lowest BCUT2D eigenvalue weighted by Crippen LogP contribution is -2.29. The Morgan fingerprint density at radius 3 is 2.89 bits per heavy atom. The van der Waals surface area contributed by atoms with Gasteiger partial charge in [-0.3, -0.25) is 0 Å². The van der Waals surface area contributed by atoms with Gasteiger partial charge in [0.25, 0.3) is 0 Å². The summed E-state index contributed by atoms with van der Waals surface area (Å²) in [4.78, 5) is 12.8. The number of carboxylic acid groups (broad SMARTS) is 1. The van der Waals surface area contributed by atoms with E-state index in [1.165, 1.54) is 5.57 Å². The van der Waals surface area contributed by atoms with Crippen molar-refractivity contribution < 1.29 is 9.90 Å². The summed E-state index contributed by atoms with van der Waals surface area (Å²) >= 11 is 6.27. The third-order valence-corrected chi connectivity index (χ3v) is 3.48. The lowest BCUT2D eigenvalue weighted by molar-refractivity contribution is -0.131. The van der Waals surface area contributed by atoms with Crippen LogP contribution >= 0.6 is 11.6 Å². The molecule has 0 saturated carbocycles. The summed E-state index contributed by atoms with van der Waals surface area (Å²) < 4.78 is 0. The number of anilines is 1. The fourth-order valence-corrected chi connectivity index (χ4v) is 2.44. The number of benzene rings is 1. The quantitative estimate of drug-likeness (QED) is 0.678. The Labute approximate surface area is 117 Å². The zero-order valence-corrected chi connectivity index (χ0v) is 11.5. The molecule has 0 amide bonds. The predicted molar refractivity (Wildman–Crippen MR) is 78.7 cm³/mol. The summed E-state index contributed by atoms with van der Waals surface area (Å²) in [5.41, 5.74) is 3.12. The summed E-state index contributed by atoms with van der Waals surface area (Å²) in [7, 11) is 0. The molecule has 0 aromatic heterocycles. The van der Waals surface area contributed by atoms with Crippen molar-refractivity contribution >= 4 is 29.3 Å². The third-order valence-electron chi connectivity index (χ3n) is 3.18. The number of nitrogens with zero attached hydrogens (tertiary/aromatic N) is 1. The molecule has 3 nitrogen and oxygen atoms in total. The molecule has 0 radical (unpaired) electrons. The molecule has 0 bridgehead atoms. The van der Waals surface area contributed by atoms with Crippen LogP contribution in [0.5, 0.6) is 0 Å². The van der Waals surface area contributed by atoms with E-state index < -0.39 is 5.97 Å². The minimum absolute atomic E-state index is 0.653. The van der Waals surface area contributed by atoms with Crippen molar-refractivity contribution in [3.63, 3.8) is 0 Å². The summed E-state index contributed by atoms with van der Waals surface area (Å²) in [6, 6.07) is 5.55. The summed E-state index contributed by atoms with van der Waals surface area (Å²) in [6.07, 6.45) is 5.92. The molecule has 0 spiro atoms. The molecule has 19 heavy (non-hydrogen) atoms. The van der Waals surface area contributed by atoms with Crippen molar-refractivity contribution in [2.75, 3.05) is 18.0 Å². The molecule has 100 valence electrons. The fourth-order valence-electron chi connectivity index (χ4n) is 2.13. The van der Waals surface area contributed by atoms with Gasteiger partial charge in [0.2, 0.25) is 0 Å². The fraction of sp³-hybridized carbons (Fsp3) is 0.267. The highest BCUT2D eigenvalue weighted by atomic mass is 35.5. The molecule has 2 rings (SSSR count). The molecule has 1 aliphatic rings. The summed E-state index contributed by atoms with van der Waals surface area (Å²) in [5, 5.41) is 9.39. The first-order chi connectivity index (χ1) is 9.08. The number of hydrogen-bond acceptors (Lipinski definition) is 2. The smallest absolute Gasteiger partial charge is 0.328 e. The number of aliphatic carboxylic acids is 1. The largest absolute Gasteiger partial charge is 0.478 e. The van der Waals surface area contributed by atoms with Crippen molar-refractivity contribution in [1.82, 2.24) is 0 Å². The molecule has 0 unspecified atom stereocenters. The number of carboxylic acids is 1. The van der Waals surface area contributed by atoms with Crippen LogP contribution in [0.25, 0.3) is 6.08 Å². The van der Waals surface area contributed by atoms with E-state index in [1.807, 2.05) is 18.2 Å². The number of carbonyl (C=O) groups is 1. The molecule has 1 N–H and O–H groups in total. The molecule has 0 fully saturated rings. The van der Waals surface area contributed by atoms with Crippen molar-refractivity contribution in [2.24, 2.45) is 0 Å². The average Bonchev–Trinajstić information content (AvgIpc) is 2.38. The van der Waals surface area contributed by atoms with Crippen molar-refractivity contribution in [3.8, 4) is 0 Å². The lowest BCUT2D eigenvalue weighted by Gasteiger charge is -2.29. The zero-order chi connectivity index (χ0) is 13.8. The predicted octanol–water partition coefficient (Wildman–Crippen LogP) is 3.59. The minimum Gasteiger partial charge on any atom is -0.478 e. The number of para-hydroxylation sites is 1. The van der Waals surface area contributed by atoms with E-state index in [-0.39, 0.29) is 0 Å². The standard InChI is InChI=1S/C15H16ClNO2/c1-11-7-9-17(10-8-11)15-12(5-6-14(18)19)3-2-4-13(15)16/h2-7H,8-10H2,1H3,(H,18,19)/b6-5+. The van der Waals surface area contributed by atoms with E-state index in [0.29, 0.717) is 5.02 Å². The van der Waals surface area contributed by atoms with E-state index in [0.717, 1.165) is 36.8 Å². The van der Waals surface area contributed by atoms with E-state index in [9.17, 15) is 4.79 Å². The SMILES string of the molecule is CC1=CCN(c2c(Cl)cccc2/C=C/C(=O)O)CC1. The second-order valence-electron chi connectivity index (χ2n) is 4.60. The van der Waals surface area contributed by atoms with Crippen molar-refractivity contribution in [2.45, 2.75) is 13.3 Å². The molecule has 1 aliphatic heterocycles. The Kier molecular flexibility index (Phi) is 4.27. The van der Waals surface area contributed by atoms with Gasteiger partial charge >= 0.3 is 5.97 Å². The Balaban J connectivity index is 2.35. The molecule has 1 aromatic carbocycles. The Bertz CT molecular complexity index is 549. The van der Waals surface area contributed by atoms with Gasteiger partial charge in [-0.15, -0.1) is 0 Å². The summed E-state index contributed by atoms with van der Waals surface area (Å²) in [6.45, 7) is 3.83. The highest BCUT2D eigenvalue weighted by Gasteiger charge is 2.15. The van der Waals surface area contributed by atoms with Gasteiger partial charge in [0.05, 0.1) is 10.7 Å². The number of halogens is 1. The van der Waals surface area contributed by atoms with Crippen LogP contribution in [0, 0.1) is 0 Å². The maximum absolute atomic E-state index is 10.6. The van der Waals surface area contributed by atoms with Gasteiger partial charge in [-0.25, -0.2) is 4.79 Å². The van der Waals surface area contributed by atoms with Crippen LogP contribution < -0.4 is 4.90 Å². The first-order valence-corrected chi connectivity index (χ1v) is 6.56. The Hall–Kier alpha value is -1.74. The van der Waals surface area contributed by atoms with Crippen LogP contribution in [0.4, 0.5) is 5.69 Å². The molecule has 0 saturated heterocycles. The highest BCUT2D eigenvalue weighted by Crippen LogP contribution is 2.32. The highest BCUT2D eigenvalue weighted by molar-refractivity contribution is 6.33. The second kappa shape index (κ2) is 5.93. The van der Waals surface area contributed by atoms with E-state index >= 15 is 0 Å². The second-order valence-corrected chi connectivity index (χ2v) is 5.00. The van der Waals surface area contributed by atoms with Crippen LogP contribution in [0.1, 0.15) is 18.9 Å². The van der Waals surface area contributed by atoms with Crippen LogP contribution in [0.3, 0.4) is 0 Å². The first-order valence-electron chi connectivity index (χ1n) is 6.18. The molecule has 1 aromatic rings. The molecular weight excluding hydrogens is 262 g/mol. The van der Waals surface area contributed by atoms with E-state index in [2.05, 4.69) is 17.9 Å². The van der Waals surface area contributed by atoms with E-state index in [1.54, 1.807) is 6.08 Å². The zero-order valence-electron chi connectivity index (χ0n) is 10.8. The first kappa shape index (κ1) is 13.7. The van der Waals surface area contributed by atoms with Gasteiger partial charge in [0.15, 0.2) is 0 Å². The maximum atomic E-state index is 10.6. The molecule has 1 heterocycles. The van der Waals surface area contributed by atoms with Crippen LogP contribution in [0.2, 0.25) is 5.02 Å². The average molecular weight is 278 g/mol. The monoisotopic (exact) mass is 277 g/mol. The van der Waals surface area contributed by atoms with Gasteiger partial charge in [-0.2, -0.15) is 0 Å². The van der Waals surface area contributed by atoms with Gasteiger partial charge in [-0.1, -0.05) is 35.4 Å². The molecular formula is C15H16ClNO2. The normalized spacial score (nSPS) is 15.7. The van der Waals surface area contributed by atoms with E-state index in [4.69, 9.17) is 16.7 Å². The van der Waals surface area contributed by atoms with Crippen molar-refractivity contribution in [3.05, 3.63) is 46.5 Å². The van der Waals surface area contributed by atoms with Crippen molar-refractivity contribution in [1.29, 1.82) is 0 Å². The lowest BCUT2D eigenvalue weighted by atomic mass is 10.1. The molecule has 4 heteroatoms. The van der Waals surface area contributed by atoms with Crippen LogP contribution in [-0.2, 0) is 4.79 Å².